The lowest BCUT2D eigenvalue weighted by Crippen LogP contribution is -2.37. The van der Waals surface area contributed by atoms with Gasteiger partial charge in [-0.05, 0) is 45.9 Å². The van der Waals surface area contributed by atoms with Crippen LogP contribution in [0.4, 0.5) is 5.69 Å². The molecule has 114 valence electrons. The van der Waals surface area contributed by atoms with Crippen molar-refractivity contribution in [3.05, 3.63) is 41.6 Å². The number of hydrogen-bond donors (Lipinski definition) is 1. The molecule has 0 saturated carbocycles. The maximum absolute atomic E-state index is 12.8. The Bertz CT molecular complexity index is 625. The van der Waals surface area contributed by atoms with Crippen LogP contribution in [-0.2, 0) is 13.1 Å². The first kappa shape index (κ1) is 15.2. The summed E-state index contributed by atoms with van der Waals surface area (Å²) >= 11 is 0. The molecule has 0 aliphatic heterocycles. The summed E-state index contributed by atoms with van der Waals surface area (Å²) in [5.41, 5.74) is 7.04. The fraction of sp³-hybridized carbons (Fsp3) is 0.438. The van der Waals surface area contributed by atoms with Gasteiger partial charge in [-0.2, -0.15) is 0 Å². The van der Waals surface area contributed by atoms with E-state index in [0.29, 0.717) is 24.5 Å². The molecule has 0 bridgehead atoms. The Labute approximate surface area is 125 Å². The number of carbonyl (C=O) groups excluding carboxylic acids is 1. The van der Waals surface area contributed by atoms with Crippen molar-refractivity contribution in [1.29, 1.82) is 0 Å². The Kier molecular flexibility index (Phi) is 4.40. The second kappa shape index (κ2) is 6.08. The molecule has 0 saturated heterocycles. The predicted molar refractivity (Wildman–Crippen MR) is 83.0 cm³/mol. The topological polar surface area (TPSA) is 64.4 Å². The predicted octanol–water partition coefficient (Wildman–Crippen LogP) is 3.04. The zero-order valence-electron chi connectivity index (χ0n) is 13.1. The zero-order valence-corrected chi connectivity index (χ0v) is 13.1. The second-order valence-electron chi connectivity index (χ2n) is 5.48. The number of anilines is 1. The summed E-state index contributed by atoms with van der Waals surface area (Å²) in [7, 11) is 0. The van der Waals surface area contributed by atoms with E-state index in [0.717, 1.165) is 11.5 Å². The van der Waals surface area contributed by atoms with Crippen molar-refractivity contribution in [2.45, 2.75) is 46.8 Å². The van der Waals surface area contributed by atoms with E-state index in [1.165, 1.54) is 0 Å². The van der Waals surface area contributed by atoms with Gasteiger partial charge in [-0.15, -0.1) is 0 Å². The third kappa shape index (κ3) is 3.29. The van der Waals surface area contributed by atoms with Crippen LogP contribution in [0.1, 0.15) is 42.8 Å². The Morgan fingerprint density at radius 2 is 2.14 bits per heavy atom. The first-order valence-corrected chi connectivity index (χ1v) is 7.24. The van der Waals surface area contributed by atoms with Gasteiger partial charge in [-0.1, -0.05) is 0 Å². The number of rotatable bonds is 5. The molecule has 0 unspecified atom stereocenters. The number of aromatic nitrogens is 1. The molecule has 2 aromatic rings. The second-order valence-corrected chi connectivity index (χ2v) is 5.48. The van der Waals surface area contributed by atoms with Gasteiger partial charge in [-0.3, -0.25) is 4.79 Å². The number of nitrogens with two attached hydrogens (primary N) is 1. The van der Waals surface area contributed by atoms with Crippen LogP contribution in [0, 0.1) is 6.92 Å². The lowest BCUT2D eigenvalue weighted by molar-refractivity contribution is 0.0664. The minimum atomic E-state index is -0.0300. The molecule has 0 atom stereocenters. The van der Waals surface area contributed by atoms with Gasteiger partial charge in [0.25, 0.3) is 5.91 Å². The zero-order chi connectivity index (χ0) is 15.6. The van der Waals surface area contributed by atoms with Crippen LogP contribution in [0.15, 0.2) is 28.8 Å². The molecule has 0 radical (unpaired) electrons. The summed E-state index contributed by atoms with van der Waals surface area (Å²) < 4.78 is 7.46. The van der Waals surface area contributed by atoms with E-state index in [9.17, 15) is 4.79 Å². The van der Waals surface area contributed by atoms with Gasteiger partial charge in [0.15, 0.2) is 0 Å². The highest BCUT2D eigenvalue weighted by Gasteiger charge is 2.23. The maximum atomic E-state index is 12.8. The smallest absolute Gasteiger partial charge is 0.271 e. The van der Waals surface area contributed by atoms with Crippen LogP contribution in [0.2, 0.25) is 0 Å². The van der Waals surface area contributed by atoms with Crippen LogP contribution in [-0.4, -0.2) is 21.4 Å². The van der Waals surface area contributed by atoms with Crippen LogP contribution < -0.4 is 5.73 Å². The minimum Gasteiger partial charge on any atom is -0.464 e. The SMILES string of the molecule is CCn1cc(N)cc1C(=O)N(Cc1ccc(C)o1)C(C)C. The van der Waals surface area contributed by atoms with Crippen LogP contribution >= 0.6 is 0 Å². The first-order valence-electron chi connectivity index (χ1n) is 7.24. The van der Waals surface area contributed by atoms with Gasteiger partial charge >= 0.3 is 0 Å². The number of amides is 1. The molecule has 0 aromatic carbocycles. The summed E-state index contributed by atoms with van der Waals surface area (Å²) in [5, 5.41) is 0. The molecule has 2 rings (SSSR count). The highest BCUT2D eigenvalue weighted by atomic mass is 16.3. The molecule has 21 heavy (non-hydrogen) atoms. The average Bonchev–Trinajstić information content (AvgIpc) is 3.00. The van der Waals surface area contributed by atoms with E-state index >= 15 is 0 Å². The lowest BCUT2D eigenvalue weighted by Gasteiger charge is -2.26. The maximum Gasteiger partial charge on any atom is 0.271 e. The third-order valence-corrected chi connectivity index (χ3v) is 3.48. The summed E-state index contributed by atoms with van der Waals surface area (Å²) in [6.45, 7) is 9.05. The van der Waals surface area contributed by atoms with Crippen LogP contribution in [0.25, 0.3) is 0 Å². The molecule has 2 heterocycles. The van der Waals surface area contributed by atoms with Crippen molar-refractivity contribution in [2.75, 3.05) is 5.73 Å². The molecular weight excluding hydrogens is 266 g/mol. The van der Waals surface area contributed by atoms with Gasteiger partial charge in [0.2, 0.25) is 0 Å². The molecule has 2 aromatic heterocycles. The highest BCUT2D eigenvalue weighted by Crippen LogP contribution is 2.18. The highest BCUT2D eigenvalue weighted by molar-refractivity contribution is 5.94. The first-order chi connectivity index (χ1) is 9.92. The average molecular weight is 289 g/mol. The van der Waals surface area contributed by atoms with Crippen LogP contribution in [0.3, 0.4) is 0 Å². The Morgan fingerprint density at radius 1 is 1.43 bits per heavy atom. The number of furan rings is 1. The monoisotopic (exact) mass is 289 g/mol. The fourth-order valence-corrected chi connectivity index (χ4v) is 2.35. The molecule has 5 nitrogen and oxygen atoms in total. The Balaban J connectivity index is 2.27. The van der Waals surface area contributed by atoms with Gasteiger partial charge in [0.1, 0.15) is 17.2 Å². The van der Waals surface area contributed by atoms with E-state index < -0.39 is 0 Å². The van der Waals surface area contributed by atoms with Crippen molar-refractivity contribution >= 4 is 11.6 Å². The van der Waals surface area contributed by atoms with Crippen LogP contribution in [0.5, 0.6) is 0 Å². The van der Waals surface area contributed by atoms with Crippen molar-refractivity contribution in [2.24, 2.45) is 0 Å². The van der Waals surface area contributed by atoms with Gasteiger partial charge in [0.05, 0.1) is 12.2 Å². The quantitative estimate of drug-likeness (QED) is 0.920. The van der Waals surface area contributed by atoms with Crippen molar-refractivity contribution in [3.8, 4) is 0 Å². The summed E-state index contributed by atoms with van der Waals surface area (Å²) in [4.78, 5) is 14.6. The normalized spacial score (nSPS) is 11.1. The Morgan fingerprint density at radius 3 is 2.67 bits per heavy atom. The fourth-order valence-electron chi connectivity index (χ4n) is 2.35. The summed E-state index contributed by atoms with van der Waals surface area (Å²) in [6.07, 6.45) is 1.79. The number of aryl methyl sites for hydroxylation is 2. The molecule has 1 amide bonds. The van der Waals surface area contributed by atoms with Gasteiger partial charge in [-0.25, -0.2) is 0 Å². The number of hydrogen-bond acceptors (Lipinski definition) is 3. The standard InChI is InChI=1S/C16H23N3O2/c1-5-18-9-13(17)8-15(18)16(20)19(11(2)3)10-14-7-6-12(4)21-14/h6-9,11H,5,10,17H2,1-4H3. The van der Waals surface area contributed by atoms with Gasteiger partial charge in [0, 0.05) is 18.8 Å². The number of carbonyl (C=O) groups is 1. The molecule has 0 aliphatic rings. The number of nitrogens with zero attached hydrogens (tertiary/aromatic N) is 2. The Hall–Kier alpha value is -2.17. The molecule has 0 fully saturated rings. The van der Waals surface area contributed by atoms with Crippen molar-refractivity contribution in [1.82, 2.24) is 9.47 Å². The molecule has 5 heteroatoms. The van der Waals surface area contributed by atoms with Crippen molar-refractivity contribution < 1.29 is 9.21 Å². The molecule has 0 aliphatic carbocycles. The largest absolute Gasteiger partial charge is 0.464 e. The molecular formula is C16H23N3O2. The van der Waals surface area contributed by atoms with E-state index in [4.69, 9.17) is 10.2 Å². The van der Waals surface area contributed by atoms with E-state index in [2.05, 4.69) is 0 Å². The third-order valence-electron chi connectivity index (χ3n) is 3.48. The lowest BCUT2D eigenvalue weighted by atomic mass is 10.2. The minimum absolute atomic E-state index is 0.0300. The van der Waals surface area contributed by atoms with E-state index in [1.807, 2.05) is 44.4 Å². The van der Waals surface area contributed by atoms with E-state index in [1.54, 1.807) is 17.2 Å². The van der Waals surface area contributed by atoms with E-state index in [-0.39, 0.29) is 11.9 Å². The number of nitrogen functional groups attached to an aromatic ring is 1. The molecule has 0 spiro atoms. The molecule has 2 N–H and O–H groups in total. The van der Waals surface area contributed by atoms with Gasteiger partial charge < -0.3 is 19.6 Å². The van der Waals surface area contributed by atoms with Crippen molar-refractivity contribution in [3.63, 3.8) is 0 Å². The summed E-state index contributed by atoms with van der Waals surface area (Å²) in [6, 6.07) is 5.62. The summed E-state index contributed by atoms with van der Waals surface area (Å²) in [5.74, 6) is 1.61.